The minimum Gasteiger partial charge on any atom is -0.478 e. The number of carbonyl (C=O) groups is 2. The quantitative estimate of drug-likeness (QED) is 0.324. The van der Waals surface area contributed by atoms with Gasteiger partial charge in [-0.25, -0.2) is 9.59 Å². The summed E-state index contributed by atoms with van der Waals surface area (Å²) in [5.74, 6) is -6.10. The molecule has 0 heterocycles. The summed E-state index contributed by atoms with van der Waals surface area (Å²) in [6.45, 7) is 0. The third kappa shape index (κ3) is 3.50. The molecule has 1 aromatic rings. The number of benzene rings is 1. The molecule has 1 aromatic carbocycles. The lowest BCUT2D eigenvalue weighted by Crippen LogP contribution is -2.44. The molecule has 0 saturated heterocycles. The molecule has 0 radical (unpaired) electrons. The fourth-order valence-electron chi connectivity index (χ4n) is 1.03. The summed E-state index contributed by atoms with van der Waals surface area (Å²) < 4.78 is 4.11. The van der Waals surface area contributed by atoms with Crippen LogP contribution in [-0.4, -0.2) is 49.7 Å². The van der Waals surface area contributed by atoms with Crippen LogP contribution in [0, 0.1) is 0 Å². The molecule has 0 aliphatic rings. The average Bonchev–Trinajstić information content (AvgIpc) is 2.27. The van der Waals surface area contributed by atoms with Gasteiger partial charge >= 0.3 is 17.9 Å². The molecule has 0 bridgehead atoms. The molecule has 0 aliphatic heterocycles. The number of aliphatic hydroxyl groups is 4. The van der Waals surface area contributed by atoms with Crippen LogP contribution < -0.4 is 0 Å². The lowest BCUT2D eigenvalue weighted by atomic mass is 10.1. The number of esters is 1. The number of carboxylic acids is 1. The third-order valence-corrected chi connectivity index (χ3v) is 1.90. The van der Waals surface area contributed by atoms with Crippen LogP contribution in [0.25, 0.3) is 0 Å². The summed E-state index contributed by atoms with van der Waals surface area (Å²) in [5.41, 5.74) is -0.430. The van der Waals surface area contributed by atoms with Crippen LogP contribution in [-0.2, 0) is 4.74 Å². The van der Waals surface area contributed by atoms with Crippen LogP contribution in [0.1, 0.15) is 20.7 Å². The largest absolute Gasteiger partial charge is 0.478 e. The van der Waals surface area contributed by atoms with Crippen LogP contribution in [0.15, 0.2) is 24.3 Å². The summed E-state index contributed by atoms with van der Waals surface area (Å²) in [4.78, 5) is 22.0. The fraction of sp³-hybridized carbons (Fsp3) is 0.200. The summed E-state index contributed by atoms with van der Waals surface area (Å²) in [5, 5.41) is 43.1. The van der Waals surface area contributed by atoms with E-state index in [9.17, 15) is 9.59 Å². The Morgan fingerprint density at radius 3 is 2.22 bits per heavy atom. The first-order chi connectivity index (χ1) is 8.21. The molecule has 8 heteroatoms. The number of hydrogen-bond donors (Lipinski definition) is 5. The first kappa shape index (κ1) is 14.1. The average molecular weight is 258 g/mol. The Bertz CT molecular complexity index is 461. The molecule has 5 N–H and O–H groups in total. The van der Waals surface area contributed by atoms with Gasteiger partial charge in [-0.1, -0.05) is 6.07 Å². The molecule has 18 heavy (non-hydrogen) atoms. The van der Waals surface area contributed by atoms with E-state index in [4.69, 9.17) is 25.5 Å². The third-order valence-electron chi connectivity index (χ3n) is 1.90. The molecular weight excluding hydrogens is 248 g/mol. The number of aromatic carboxylic acids is 1. The zero-order valence-corrected chi connectivity index (χ0v) is 8.85. The highest BCUT2D eigenvalue weighted by Gasteiger charge is 2.34. The highest BCUT2D eigenvalue weighted by atomic mass is 16.8. The molecular formula is C10H10O8. The van der Waals surface area contributed by atoms with Gasteiger partial charge in [-0.05, 0) is 18.2 Å². The topological polar surface area (TPSA) is 145 Å². The second-order valence-electron chi connectivity index (χ2n) is 3.33. The Kier molecular flexibility index (Phi) is 3.99. The van der Waals surface area contributed by atoms with Crippen molar-refractivity contribution in [3.63, 3.8) is 0 Å². The SMILES string of the molecule is O=C(O)c1cccc(C(=O)OC(O)C(O)(O)O)c1. The van der Waals surface area contributed by atoms with Crippen LogP contribution in [0.2, 0.25) is 0 Å². The van der Waals surface area contributed by atoms with Crippen LogP contribution in [0.3, 0.4) is 0 Å². The second kappa shape index (κ2) is 5.10. The van der Waals surface area contributed by atoms with Crippen LogP contribution >= 0.6 is 0 Å². The van der Waals surface area contributed by atoms with Gasteiger partial charge in [0.05, 0.1) is 11.1 Å². The molecule has 0 amide bonds. The number of ether oxygens (including phenoxy) is 1. The summed E-state index contributed by atoms with van der Waals surface area (Å²) in [6, 6.07) is 4.64. The van der Waals surface area contributed by atoms with Crippen molar-refractivity contribution in [3.05, 3.63) is 35.4 Å². The number of carboxylic acid groups (broad SMARTS) is 1. The smallest absolute Gasteiger partial charge is 0.341 e. The van der Waals surface area contributed by atoms with Gasteiger partial charge in [0.15, 0.2) is 0 Å². The Morgan fingerprint density at radius 1 is 1.17 bits per heavy atom. The van der Waals surface area contributed by atoms with E-state index in [0.29, 0.717) is 0 Å². The Labute approximate surface area is 100 Å². The number of carbonyl (C=O) groups excluding carboxylic acids is 1. The first-order valence-corrected chi connectivity index (χ1v) is 4.61. The van der Waals surface area contributed by atoms with Gasteiger partial charge in [0.25, 0.3) is 6.29 Å². The zero-order chi connectivity index (χ0) is 13.9. The fourth-order valence-corrected chi connectivity index (χ4v) is 1.03. The van der Waals surface area contributed by atoms with E-state index in [1.165, 1.54) is 18.2 Å². The predicted molar refractivity (Wildman–Crippen MR) is 54.2 cm³/mol. The number of aliphatic hydroxyl groups excluding tert-OH is 1. The Balaban J connectivity index is 2.85. The van der Waals surface area contributed by atoms with E-state index >= 15 is 0 Å². The number of rotatable bonds is 4. The molecule has 1 unspecified atom stereocenters. The molecule has 0 aliphatic carbocycles. The van der Waals surface area contributed by atoms with E-state index in [1.807, 2.05) is 0 Å². The first-order valence-electron chi connectivity index (χ1n) is 4.61. The van der Waals surface area contributed by atoms with E-state index in [0.717, 1.165) is 6.07 Å². The second-order valence-corrected chi connectivity index (χ2v) is 3.33. The standard InChI is InChI=1S/C10H10O8/c11-7(12)5-2-1-3-6(4-5)8(13)18-9(14)10(15,16)17/h1-4,9,14-17H,(H,11,12). The zero-order valence-electron chi connectivity index (χ0n) is 8.85. The lowest BCUT2D eigenvalue weighted by molar-refractivity contribution is -0.394. The summed E-state index contributed by atoms with van der Waals surface area (Å²) in [6.07, 6.45) is -2.58. The van der Waals surface area contributed by atoms with Gasteiger partial charge in [-0.3, -0.25) is 0 Å². The molecule has 0 fully saturated rings. The molecule has 0 saturated carbocycles. The maximum atomic E-state index is 11.4. The minimum atomic E-state index is -3.60. The minimum absolute atomic E-state index is 0.192. The van der Waals surface area contributed by atoms with E-state index in [2.05, 4.69) is 4.74 Å². The maximum absolute atomic E-state index is 11.4. The Hall–Kier alpha value is -2.00. The number of hydrogen-bond acceptors (Lipinski definition) is 7. The van der Waals surface area contributed by atoms with Gasteiger partial charge in [0, 0.05) is 0 Å². The van der Waals surface area contributed by atoms with Crippen molar-refractivity contribution in [2.24, 2.45) is 0 Å². The van der Waals surface area contributed by atoms with Crippen molar-refractivity contribution >= 4 is 11.9 Å². The van der Waals surface area contributed by atoms with E-state index in [-0.39, 0.29) is 11.1 Å². The monoisotopic (exact) mass is 258 g/mol. The molecule has 1 atom stereocenters. The lowest BCUT2D eigenvalue weighted by Gasteiger charge is -2.20. The van der Waals surface area contributed by atoms with E-state index < -0.39 is 24.2 Å². The van der Waals surface area contributed by atoms with Crippen LogP contribution in [0.4, 0.5) is 0 Å². The summed E-state index contributed by atoms with van der Waals surface area (Å²) >= 11 is 0. The van der Waals surface area contributed by atoms with Crippen LogP contribution in [0.5, 0.6) is 0 Å². The van der Waals surface area contributed by atoms with Crippen molar-refractivity contribution in [2.45, 2.75) is 12.3 Å². The summed E-state index contributed by atoms with van der Waals surface area (Å²) in [7, 11) is 0. The van der Waals surface area contributed by atoms with Gasteiger partial charge in [0.2, 0.25) is 0 Å². The Morgan fingerprint density at radius 2 is 1.72 bits per heavy atom. The van der Waals surface area contributed by atoms with E-state index in [1.54, 1.807) is 0 Å². The van der Waals surface area contributed by atoms with Gasteiger partial charge in [0.1, 0.15) is 0 Å². The van der Waals surface area contributed by atoms with Gasteiger partial charge in [-0.2, -0.15) is 0 Å². The van der Waals surface area contributed by atoms with Crippen molar-refractivity contribution < 1.29 is 39.9 Å². The highest BCUT2D eigenvalue weighted by molar-refractivity contribution is 5.94. The maximum Gasteiger partial charge on any atom is 0.341 e. The van der Waals surface area contributed by atoms with Gasteiger partial charge in [-0.15, -0.1) is 0 Å². The normalized spacial score (nSPS) is 12.9. The van der Waals surface area contributed by atoms with Crippen molar-refractivity contribution in [1.29, 1.82) is 0 Å². The molecule has 98 valence electrons. The van der Waals surface area contributed by atoms with Crippen molar-refractivity contribution in [2.75, 3.05) is 0 Å². The molecule has 0 aromatic heterocycles. The van der Waals surface area contributed by atoms with Crippen molar-refractivity contribution in [1.82, 2.24) is 0 Å². The predicted octanol–water partition coefficient (Wildman–Crippen LogP) is -1.51. The van der Waals surface area contributed by atoms with Crippen molar-refractivity contribution in [3.8, 4) is 0 Å². The molecule has 8 nitrogen and oxygen atoms in total. The molecule has 0 spiro atoms. The molecule has 1 rings (SSSR count). The van der Waals surface area contributed by atoms with Gasteiger partial charge < -0.3 is 30.3 Å². The highest BCUT2D eigenvalue weighted by Crippen LogP contribution is 2.11.